The van der Waals surface area contributed by atoms with Gasteiger partial charge in [0.1, 0.15) is 22.3 Å². The number of nitrogens with zero attached hydrogens (tertiary/aromatic N) is 1. The first-order valence-corrected chi connectivity index (χ1v) is 22.2. The van der Waals surface area contributed by atoms with Crippen molar-refractivity contribution in [1.82, 2.24) is 0 Å². The molecule has 0 fully saturated rings. The lowest BCUT2D eigenvalue weighted by Crippen LogP contribution is -2.11. The first-order chi connectivity index (χ1) is 32.2. The van der Waals surface area contributed by atoms with Gasteiger partial charge in [0.15, 0.2) is 0 Å². The van der Waals surface area contributed by atoms with Gasteiger partial charge in [0.25, 0.3) is 0 Å². The summed E-state index contributed by atoms with van der Waals surface area (Å²) in [5.74, 6) is 0. The molecule has 3 nitrogen and oxygen atoms in total. The minimum Gasteiger partial charge on any atom is -0.456 e. The maximum absolute atomic E-state index is 6.93. The van der Waals surface area contributed by atoms with Gasteiger partial charge in [0.2, 0.25) is 0 Å². The van der Waals surface area contributed by atoms with Crippen LogP contribution < -0.4 is 4.90 Å². The standard InChI is InChI=1S/C62H39NO2/c1-2-15-41(16-3-1)50-26-12-29-54-55-30-13-27-51(62(55)65-61(50)54)45-21-10-22-47(37-45)63(46-35-33-42(34-36-46)49-25-11-20-40-17-6-7-23-48(40)49)57-31-9-8-24-52(57)53-28-14-32-58-60(53)56-38-43-18-4-5-19-44(43)39-59(56)64-58/h1-39H. The van der Waals surface area contributed by atoms with Gasteiger partial charge in [-0.15, -0.1) is 0 Å². The molecule has 0 aliphatic rings. The molecule has 304 valence electrons. The summed E-state index contributed by atoms with van der Waals surface area (Å²) in [4.78, 5) is 2.40. The van der Waals surface area contributed by atoms with Crippen molar-refractivity contribution >= 4 is 82.5 Å². The van der Waals surface area contributed by atoms with Gasteiger partial charge in [-0.3, -0.25) is 0 Å². The first kappa shape index (κ1) is 36.9. The van der Waals surface area contributed by atoms with Gasteiger partial charge >= 0.3 is 0 Å². The molecule has 0 saturated heterocycles. The Bertz CT molecular complexity index is 3950. The van der Waals surface area contributed by atoms with Gasteiger partial charge in [0.05, 0.1) is 5.69 Å². The van der Waals surface area contributed by atoms with Crippen molar-refractivity contribution in [2.24, 2.45) is 0 Å². The molecule has 0 radical (unpaired) electrons. The lowest BCUT2D eigenvalue weighted by Gasteiger charge is -2.28. The number of furan rings is 2. The topological polar surface area (TPSA) is 29.5 Å². The van der Waals surface area contributed by atoms with Crippen molar-refractivity contribution in [1.29, 1.82) is 0 Å². The molecule has 0 bridgehead atoms. The predicted octanol–water partition coefficient (Wildman–Crippen LogP) is 17.9. The van der Waals surface area contributed by atoms with E-state index in [1.807, 2.05) is 0 Å². The summed E-state index contributed by atoms with van der Waals surface area (Å²) in [6, 6.07) is 84.6. The fourth-order valence-electron chi connectivity index (χ4n) is 10.0. The number of hydrogen-bond donors (Lipinski definition) is 0. The Labute approximate surface area is 375 Å². The highest BCUT2D eigenvalue weighted by Gasteiger charge is 2.22. The number of fused-ring (bicyclic) bond motifs is 8. The zero-order chi connectivity index (χ0) is 42.8. The van der Waals surface area contributed by atoms with Crippen LogP contribution in [0.25, 0.3) is 110 Å². The normalized spacial score (nSPS) is 11.7. The number of para-hydroxylation sites is 3. The van der Waals surface area contributed by atoms with Gasteiger partial charge in [-0.2, -0.15) is 0 Å². The smallest absolute Gasteiger partial charge is 0.143 e. The highest BCUT2D eigenvalue weighted by atomic mass is 16.3. The second-order valence-electron chi connectivity index (χ2n) is 16.8. The molecule has 13 aromatic rings. The van der Waals surface area contributed by atoms with Gasteiger partial charge in [-0.25, -0.2) is 0 Å². The average molecular weight is 830 g/mol. The van der Waals surface area contributed by atoms with Gasteiger partial charge in [0, 0.05) is 49.6 Å². The quantitative estimate of drug-likeness (QED) is 0.160. The Kier molecular flexibility index (Phi) is 8.53. The van der Waals surface area contributed by atoms with Crippen molar-refractivity contribution in [3.05, 3.63) is 237 Å². The largest absolute Gasteiger partial charge is 0.456 e. The summed E-state index contributed by atoms with van der Waals surface area (Å²) in [6.45, 7) is 0. The van der Waals surface area contributed by atoms with Crippen molar-refractivity contribution in [2.75, 3.05) is 4.90 Å². The summed E-state index contributed by atoms with van der Waals surface area (Å²) < 4.78 is 13.5. The van der Waals surface area contributed by atoms with Crippen LogP contribution in [0.15, 0.2) is 245 Å². The zero-order valence-corrected chi connectivity index (χ0v) is 35.3. The Morgan fingerprint density at radius 2 is 0.831 bits per heavy atom. The van der Waals surface area contributed by atoms with Crippen LogP contribution in [0.1, 0.15) is 0 Å². The molecule has 0 aliphatic heterocycles. The monoisotopic (exact) mass is 829 g/mol. The molecular weight excluding hydrogens is 791 g/mol. The molecule has 0 atom stereocenters. The summed E-state index contributed by atoms with van der Waals surface area (Å²) in [6.07, 6.45) is 0. The molecule has 0 aliphatic carbocycles. The second kappa shape index (κ2) is 15.0. The van der Waals surface area contributed by atoms with Crippen LogP contribution in [0.5, 0.6) is 0 Å². The third kappa shape index (κ3) is 6.12. The second-order valence-corrected chi connectivity index (χ2v) is 16.8. The van der Waals surface area contributed by atoms with Crippen LogP contribution in [0.2, 0.25) is 0 Å². The lowest BCUT2D eigenvalue weighted by molar-refractivity contribution is 0.669. The maximum Gasteiger partial charge on any atom is 0.143 e. The van der Waals surface area contributed by atoms with E-state index in [-0.39, 0.29) is 0 Å². The minimum atomic E-state index is 0.866. The van der Waals surface area contributed by atoms with E-state index >= 15 is 0 Å². The molecule has 2 aromatic heterocycles. The highest BCUT2D eigenvalue weighted by Crippen LogP contribution is 2.47. The molecule has 0 spiro atoms. The fourth-order valence-corrected chi connectivity index (χ4v) is 10.0. The summed E-state index contributed by atoms with van der Waals surface area (Å²) in [5, 5.41) is 9.22. The van der Waals surface area contributed by atoms with Gasteiger partial charge in [-0.1, -0.05) is 188 Å². The highest BCUT2D eigenvalue weighted by molar-refractivity contribution is 6.17. The number of hydrogen-bond acceptors (Lipinski definition) is 3. The summed E-state index contributed by atoms with van der Waals surface area (Å²) in [7, 11) is 0. The Balaban J connectivity index is 1.01. The predicted molar refractivity (Wildman–Crippen MR) is 272 cm³/mol. The fraction of sp³-hybridized carbons (Fsp3) is 0. The van der Waals surface area contributed by atoms with E-state index in [1.165, 1.54) is 27.3 Å². The summed E-state index contributed by atoms with van der Waals surface area (Å²) in [5.41, 5.74) is 15.6. The minimum absolute atomic E-state index is 0.866. The Hall–Kier alpha value is -8.66. The number of benzene rings is 11. The van der Waals surface area contributed by atoms with Crippen LogP contribution in [-0.4, -0.2) is 0 Å². The van der Waals surface area contributed by atoms with Crippen LogP contribution in [-0.2, 0) is 0 Å². The van der Waals surface area contributed by atoms with Crippen molar-refractivity contribution in [3.63, 3.8) is 0 Å². The third-order valence-corrected chi connectivity index (χ3v) is 13.0. The van der Waals surface area contributed by atoms with Crippen molar-refractivity contribution in [2.45, 2.75) is 0 Å². The molecule has 0 N–H and O–H groups in total. The van der Waals surface area contributed by atoms with Crippen LogP contribution in [0.3, 0.4) is 0 Å². The van der Waals surface area contributed by atoms with Crippen molar-refractivity contribution in [3.8, 4) is 44.5 Å². The van der Waals surface area contributed by atoms with Crippen LogP contribution >= 0.6 is 0 Å². The van der Waals surface area contributed by atoms with E-state index in [9.17, 15) is 0 Å². The first-order valence-electron chi connectivity index (χ1n) is 22.2. The number of rotatable bonds is 7. The molecular formula is C62H39NO2. The molecule has 2 heterocycles. The molecule has 11 aromatic carbocycles. The van der Waals surface area contributed by atoms with E-state index < -0.39 is 0 Å². The SMILES string of the molecule is c1ccc(-c2cccc3c2oc2c(-c4cccc(N(c5ccc(-c6cccc7ccccc67)cc5)c5ccccc5-c5cccc6oc7cc8ccccc8cc7c56)c4)cccc23)cc1. The molecule has 3 heteroatoms. The Morgan fingerprint density at radius 1 is 0.277 bits per heavy atom. The lowest BCUT2D eigenvalue weighted by atomic mass is 9.95. The third-order valence-electron chi connectivity index (χ3n) is 13.0. The molecule has 65 heavy (non-hydrogen) atoms. The maximum atomic E-state index is 6.93. The van der Waals surface area contributed by atoms with E-state index in [2.05, 4.69) is 241 Å². The van der Waals surface area contributed by atoms with Gasteiger partial charge < -0.3 is 13.7 Å². The molecule has 0 saturated carbocycles. The van der Waals surface area contributed by atoms with Crippen LogP contribution in [0.4, 0.5) is 17.1 Å². The van der Waals surface area contributed by atoms with E-state index in [1.54, 1.807) is 0 Å². The summed E-state index contributed by atoms with van der Waals surface area (Å²) >= 11 is 0. The van der Waals surface area contributed by atoms with E-state index in [0.717, 1.165) is 99.7 Å². The molecule has 13 rings (SSSR count). The zero-order valence-electron chi connectivity index (χ0n) is 35.3. The molecule has 0 unspecified atom stereocenters. The average Bonchev–Trinajstić information content (AvgIpc) is 3.95. The number of anilines is 3. The van der Waals surface area contributed by atoms with Crippen molar-refractivity contribution < 1.29 is 8.83 Å². The Morgan fingerprint density at radius 3 is 1.65 bits per heavy atom. The molecule has 0 amide bonds. The van der Waals surface area contributed by atoms with Gasteiger partial charge in [-0.05, 0) is 97.9 Å². The van der Waals surface area contributed by atoms with E-state index in [4.69, 9.17) is 8.83 Å². The van der Waals surface area contributed by atoms with Crippen LogP contribution in [0, 0.1) is 0 Å². The van der Waals surface area contributed by atoms with E-state index in [0.29, 0.717) is 0 Å².